The zero-order valence-corrected chi connectivity index (χ0v) is 11.0. The van der Waals surface area contributed by atoms with Crippen molar-refractivity contribution >= 4 is 11.3 Å². The summed E-state index contributed by atoms with van der Waals surface area (Å²) < 4.78 is 0. The summed E-state index contributed by atoms with van der Waals surface area (Å²) in [5.41, 5.74) is 9.32. The summed E-state index contributed by atoms with van der Waals surface area (Å²) in [6, 6.07) is 0. The smallest absolute Gasteiger partial charge is 0.0798 e. The van der Waals surface area contributed by atoms with Gasteiger partial charge in [-0.25, -0.2) is 4.98 Å². The molecule has 0 amide bonds. The van der Waals surface area contributed by atoms with Gasteiger partial charge in [-0.05, 0) is 45.2 Å². The molecule has 0 unspecified atom stereocenters. The number of rotatable bonds is 6. The molecule has 0 atom stereocenters. The van der Waals surface area contributed by atoms with E-state index in [0.717, 1.165) is 13.1 Å². The second-order valence-electron chi connectivity index (χ2n) is 5.07. The molecule has 1 saturated carbocycles. The van der Waals surface area contributed by atoms with Crippen LogP contribution in [0.2, 0.25) is 0 Å². The average molecular weight is 239 g/mol. The lowest BCUT2D eigenvalue weighted by molar-refractivity contribution is 0.249. The maximum Gasteiger partial charge on any atom is 0.0798 e. The fraction of sp³-hybridized carbons (Fsp3) is 0.750. The van der Waals surface area contributed by atoms with E-state index in [-0.39, 0.29) is 0 Å². The van der Waals surface area contributed by atoms with E-state index in [1.165, 1.54) is 36.4 Å². The first kappa shape index (κ1) is 12.0. The van der Waals surface area contributed by atoms with E-state index in [2.05, 4.69) is 23.9 Å². The van der Waals surface area contributed by atoms with E-state index in [9.17, 15) is 0 Å². The SMILES string of the molecule is Cc1ncsc1CN(C)CC1(CCN)CC1. The van der Waals surface area contributed by atoms with Crippen LogP contribution >= 0.6 is 11.3 Å². The first-order chi connectivity index (χ1) is 7.65. The highest BCUT2D eigenvalue weighted by Gasteiger charge is 2.42. The van der Waals surface area contributed by atoms with Crippen molar-refractivity contribution in [3.63, 3.8) is 0 Å². The van der Waals surface area contributed by atoms with Gasteiger partial charge in [0.25, 0.3) is 0 Å². The molecule has 1 aliphatic carbocycles. The van der Waals surface area contributed by atoms with E-state index in [1.807, 2.05) is 5.51 Å². The maximum absolute atomic E-state index is 5.66. The van der Waals surface area contributed by atoms with E-state index in [1.54, 1.807) is 11.3 Å². The predicted octanol–water partition coefficient (Wildman–Crippen LogP) is 2.01. The maximum atomic E-state index is 5.66. The molecule has 1 aliphatic rings. The molecule has 0 bridgehead atoms. The van der Waals surface area contributed by atoms with E-state index in [4.69, 9.17) is 5.73 Å². The minimum Gasteiger partial charge on any atom is -0.330 e. The molecule has 0 aromatic carbocycles. The van der Waals surface area contributed by atoms with Crippen LogP contribution in [0.3, 0.4) is 0 Å². The Kier molecular flexibility index (Phi) is 3.62. The van der Waals surface area contributed by atoms with Gasteiger partial charge in [0.2, 0.25) is 0 Å². The Bertz CT molecular complexity index is 344. The van der Waals surface area contributed by atoms with Crippen molar-refractivity contribution in [3.8, 4) is 0 Å². The van der Waals surface area contributed by atoms with E-state index >= 15 is 0 Å². The van der Waals surface area contributed by atoms with Gasteiger partial charge >= 0.3 is 0 Å². The molecule has 0 saturated heterocycles. The number of thiazole rings is 1. The largest absolute Gasteiger partial charge is 0.330 e. The number of aromatic nitrogens is 1. The Hall–Kier alpha value is -0.450. The highest BCUT2D eigenvalue weighted by molar-refractivity contribution is 7.09. The highest BCUT2D eigenvalue weighted by Crippen LogP contribution is 2.49. The van der Waals surface area contributed by atoms with Crippen LogP contribution in [0.15, 0.2) is 5.51 Å². The predicted molar refractivity (Wildman–Crippen MR) is 68.5 cm³/mol. The van der Waals surface area contributed by atoms with Crippen LogP contribution in [0.25, 0.3) is 0 Å². The molecule has 90 valence electrons. The first-order valence-electron chi connectivity index (χ1n) is 5.93. The number of nitrogens with zero attached hydrogens (tertiary/aromatic N) is 2. The van der Waals surface area contributed by atoms with E-state index < -0.39 is 0 Å². The lowest BCUT2D eigenvalue weighted by Crippen LogP contribution is -2.27. The summed E-state index contributed by atoms with van der Waals surface area (Å²) >= 11 is 1.76. The molecular weight excluding hydrogens is 218 g/mol. The Morgan fingerprint density at radius 2 is 2.31 bits per heavy atom. The standard InChI is InChI=1S/C12H21N3S/c1-10-11(16-9-14-10)7-15(2)8-12(3-4-12)5-6-13/h9H,3-8,13H2,1-2H3. The Morgan fingerprint density at radius 1 is 1.56 bits per heavy atom. The van der Waals surface area contributed by atoms with Crippen molar-refractivity contribution in [1.29, 1.82) is 0 Å². The second-order valence-corrected chi connectivity index (χ2v) is 6.01. The van der Waals surface area contributed by atoms with Crippen molar-refractivity contribution in [2.45, 2.75) is 32.7 Å². The zero-order chi connectivity index (χ0) is 11.6. The van der Waals surface area contributed by atoms with Gasteiger partial charge in [0.05, 0.1) is 11.2 Å². The van der Waals surface area contributed by atoms with Gasteiger partial charge < -0.3 is 10.6 Å². The quantitative estimate of drug-likeness (QED) is 0.826. The highest BCUT2D eigenvalue weighted by atomic mass is 32.1. The van der Waals surface area contributed by atoms with Crippen LogP contribution in [0.4, 0.5) is 0 Å². The van der Waals surface area contributed by atoms with Crippen LogP contribution in [0.1, 0.15) is 29.8 Å². The molecule has 1 aromatic rings. The monoisotopic (exact) mass is 239 g/mol. The van der Waals surface area contributed by atoms with Gasteiger partial charge in [-0.2, -0.15) is 0 Å². The molecular formula is C12H21N3S. The van der Waals surface area contributed by atoms with E-state index in [0.29, 0.717) is 5.41 Å². The third-order valence-corrected chi connectivity index (χ3v) is 4.42. The molecule has 4 heteroatoms. The van der Waals surface area contributed by atoms with Crippen LogP contribution in [0.5, 0.6) is 0 Å². The van der Waals surface area contributed by atoms with Gasteiger partial charge in [-0.1, -0.05) is 0 Å². The van der Waals surface area contributed by atoms with Gasteiger partial charge in [0, 0.05) is 18.0 Å². The van der Waals surface area contributed by atoms with Crippen LogP contribution in [-0.4, -0.2) is 30.0 Å². The summed E-state index contributed by atoms with van der Waals surface area (Å²) in [4.78, 5) is 8.10. The summed E-state index contributed by atoms with van der Waals surface area (Å²) in [6.45, 7) is 5.13. The van der Waals surface area contributed by atoms with Gasteiger partial charge in [-0.3, -0.25) is 0 Å². The van der Waals surface area contributed by atoms with Crippen molar-refractivity contribution in [2.24, 2.45) is 11.1 Å². The fourth-order valence-electron chi connectivity index (χ4n) is 2.32. The van der Waals surface area contributed by atoms with Crippen LogP contribution < -0.4 is 5.73 Å². The molecule has 2 rings (SSSR count). The van der Waals surface area contributed by atoms with Gasteiger partial charge in [0.15, 0.2) is 0 Å². The lowest BCUT2D eigenvalue weighted by atomic mass is 10.0. The molecule has 1 aromatic heterocycles. The van der Waals surface area contributed by atoms with Crippen molar-refractivity contribution in [1.82, 2.24) is 9.88 Å². The molecule has 0 aliphatic heterocycles. The molecule has 16 heavy (non-hydrogen) atoms. The first-order valence-corrected chi connectivity index (χ1v) is 6.81. The molecule has 1 heterocycles. The molecule has 0 radical (unpaired) electrons. The number of nitrogens with two attached hydrogens (primary N) is 1. The molecule has 3 nitrogen and oxygen atoms in total. The second kappa shape index (κ2) is 4.82. The fourth-order valence-corrected chi connectivity index (χ4v) is 3.18. The topological polar surface area (TPSA) is 42.2 Å². The normalized spacial score (nSPS) is 18.0. The Labute approximate surface area is 102 Å². The van der Waals surface area contributed by atoms with Gasteiger partial charge in [0.1, 0.15) is 0 Å². The summed E-state index contributed by atoms with van der Waals surface area (Å²) in [5, 5.41) is 0. The number of hydrogen-bond acceptors (Lipinski definition) is 4. The van der Waals surface area contributed by atoms with Crippen molar-refractivity contribution < 1.29 is 0 Å². The van der Waals surface area contributed by atoms with Crippen LogP contribution in [0, 0.1) is 12.3 Å². The summed E-state index contributed by atoms with van der Waals surface area (Å²) in [6.07, 6.45) is 3.89. The third-order valence-electron chi connectivity index (χ3n) is 3.50. The summed E-state index contributed by atoms with van der Waals surface area (Å²) in [5.74, 6) is 0. The van der Waals surface area contributed by atoms with Gasteiger partial charge in [-0.15, -0.1) is 11.3 Å². The minimum absolute atomic E-state index is 0.544. The average Bonchev–Trinajstić information content (AvgIpc) is 2.85. The summed E-state index contributed by atoms with van der Waals surface area (Å²) in [7, 11) is 2.20. The van der Waals surface area contributed by atoms with Crippen molar-refractivity contribution in [3.05, 3.63) is 16.1 Å². The Morgan fingerprint density at radius 3 is 2.81 bits per heavy atom. The number of hydrogen-bond donors (Lipinski definition) is 1. The lowest BCUT2D eigenvalue weighted by Gasteiger charge is -2.22. The minimum atomic E-state index is 0.544. The molecule has 0 spiro atoms. The van der Waals surface area contributed by atoms with Crippen molar-refractivity contribution in [2.75, 3.05) is 20.1 Å². The number of aryl methyl sites for hydroxylation is 1. The van der Waals surface area contributed by atoms with Crippen LogP contribution in [-0.2, 0) is 6.54 Å². The molecule has 2 N–H and O–H groups in total. The Balaban J connectivity index is 1.85. The third kappa shape index (κ3) is 2.81. The molecule has 1 fully saturated rings. The zero-order valence-electron chi connectivity index (χ0n) is 10.2.